The van der Waals surface area contributed by atoms with E-state index in [0.717, 1.165) is 25.8 Å². The van der Waals surface area contributed by atoms with Gasteiger partial charge in [-0.3, -0.25) is 0 Å². The third kappa shape index (κ3) is 0.884. The zero-order valence-electron chi connectivity index (χ0n) is 6.94. The van der Waals surface area contributed by atoms with Gasteiger partial charge in [0, 0.05) is 0 Å². The molecule has 0 aromatic carbocycles. The second kappa shape index (κ2) is 2.58. The Morgan fingerprint density at radius 3 is 3.33 bits per heavy atom. The van der Waals surface area contributed by atoms with Crippen molar-refractivity contribution >= 4 is 19.5 Å². The van der Waals surface area contributed by atoms with Gasteiger partial charge < -0.3 is 0 Å². The third-order valence-corrected chi connectivity index (χ3v) is 5.92. The van der Waals surface area contributed by atoms with Crippen LogP contribution in [0.1, 0.15) is 25.3 Å². The molecule has 2 heterocycles. The van der Waals surface area contributed by atoms with Crippen LogP contribution in [0.15, 0.2) is 24.4 Å². The molecule has 0 spiro atoms. The normalized spacial score (nSPS) is 31.7. The number of pyridine rings is 1. The van der Waals surface area contributed by atoms with Crippen molar-refractivity contribution in [2.24, 2.45) is 0 Å². The molecule has 1 aromatic rings. The van der Waals surface area contributed by atoms with Crippen LogP contribution in [0.3, 0.4) is 0 Å². The first kappa shape index (κ1) is 7.11. The number of fused-ring (bicyclic) bond motifs is 3. The van der Waals surface area contributed by atoms with E-state index in [0.29, 0.717) is 0 Å². The van der Waals surface area contributed by atoms with Crippen molar-refractivity contribution in [1.29, 1.82) is 0 Å². The Morgan fingerprint density at radius 2 is 2.33 bits per heavy atom. The van der Waals surface area contributed by atoms with Crippen LogP contribution in [0.25, 0.3) is 0 Å². The molecule has 0 bridgehead atoms. The summed E-state index contributed by atoms with van der Waals surface area (Å²) in [6.07, 6.45) is 6.63. The summed E-state index contributed by atoms with van der Waals surface area (Å²) in [5, 5.41) is 0. The van der Waals surface area contributed by atoms with Crippen LogP contribution in [0.2, 0.25) is 4.82 Å². The van der Waals surface area contributed by atoms with Crippen molar-refractivity contribution < 1.29 is 4.57 Å². The Labute approximate surface area is 79.0 Å². The summed E-state index contributed by atoms with van der Waals surface area (Å²) in [7, 11) is 0. The van der Waals surface area contributed by atoms with Gasteiger partial charge in [-0.2, -0.15) is 0 Å². The molecule has 1 fully saturated rings. The van der Waals surface area contributed by atoms with E-state index in [-0.39, 0.29) is 0 Å². The van der Waals surface area contributed by atoms with Gasteiger partial charge in [-0.25, -0.2) is 0 Å². The molecule has 0 unspecified atom stereocenters. The van der Waals surface area contributed by atoms with E-state index in [1.54, 1.807) is 4.59 Å². The zero-order chi connectivity index (χ0) is 7.97. The predicted octanol–water partition coefficient (Wildman–Crippen LogP) is 0.831. The second-order valence-corrected chi connectivity index (χ2v) is 6.24. The van der Waals surface area contributed by atoms with E-state index in [1.165, 1.54) is 19.3 Å². The Hall–Kier alpha value is -0.331. The van der Waals surface area contributed by atoms with Crippen LogP contribution in [0.5, 0.6) is 0 Å². The van der Waals surface area contributed by atoms with Crippen LogP contribution in [-0.2, 0) is 0 Å². The summed E-state index contributed by atoms with van der Waals surface area (Å²) < 4.78 is 4.14. The maximum absolute atomic E-state index is 2.53. The Balaban J connectivity index is 2.09. The number of rotatable bonds is 0. The van der Waals surface area contributed by atoms with Crippen molar-refractivity contribution in [3.63, 3.8) is 0 Å². The van der Waals surface area contributed by atoms with Gasteiger partial charge in [0.05, 0.1) is 0 Å². The van der Waals surface area contributed by atoms with Crippen LogP contribution >= 0.6 is 0 Å². The summed E-state index contributed by atoms with van der Waals surface area (Å²) in [6, 6.07) is 7.52. The molecule has 1 aliphatic heterocycles. The van der Waals surface area contributed by atoms with Gasteiger partial charge in [0.15, 0.2) is 0 Å². The maximum atomic E-state index is 2.53. The molecule has 1 nitrogen and oxygen atoms in total. The van der Waals surface area contributed by atoms with Gasteiger partial charge in [-0.1, -0.05) is 0 Å². The summed E-state index contributed by atoms with van der Waals surface area (Å²) in [5.74, 6) is 0. The van der Waals surface area contributed by atoms with Gasteiger partial charge in [0.1, 0.15) is 0 Å². The van der Waals surface area contributed by atoms with Gasteiger partial charge in [0.25, 0.3) is 0 Å². The average molecular weight is 225 g/mol. The molecule has 2 atom stereocenters. The van der Waals surface area contributed by atoms with Crippen LogP contribution < -0.4 is 9.16 Å². The molecule has 1 saturated carbocycles. The Bertz CT molecular complexity index is 310. The molecule has 0 amide bonds. The minimum atomic E-state index is 0.766. The molecule has 2 aliphatic rings. The average Bonchev–Trinajstić information content (AvgIpc) is 2.62. The van der Waals surface area contributed by atoms with Crippen molar-refractivity contribution in [2.45, 2.75) is 30.1 Å². The fourth-order valence-electron chi connectivity index (χ4n) is 2.33. The monoisotopic (exact) mass is 226 g/mol. The molecular weight excluding hydrogens is 213 g/mol. The quantitative estimate of drug-likeness (QED) is 0.455. The van der Waals surface area contributed by atoms with E-state index >= 15 is 0 Å². The first-order chi connectivity index (χ1) is 5.95. The zero-order valence-corrected chi connectivity index (χ0v) is 8.65. The topological polar surface area (TPSA) is 3.88 Å². The standard InChI is InChI=1S/C10H12NSe/c1-2-7-11-8-4-3-5-9(8)12-10(11)6-1/h1-2,6-9H,3-5H2/q+1/t8-,9+/m1/s1. The van der Waals surface area contributed by atoms with Crippen LogP contribution in [0, 0.1) is 0 Å². The van der Waals surface area contributed by atoms with E-state index in [4.69, 9.17) is 0 Å². The first-order valence-electron chi connectivity index (χ1n) is 4.62. The molecular formula is C10H12NSe+. The fourth-order valence-corrected chi connectivity index (χ4v) is 5.47. The molecule has 0 saturated heterocycles. The molecule has 12 heavy (non-hydrogen) atoms. The Morgan fingerprint density at radius 1 is 1.33 bits per heavy atom. The van der Waals surface area contributed by atoms with E-state index in [9.17, 15) is 0 Å². The first-order valence-corrected chi connectivity index (χ1v) is 6.46. The van der Waals surface area contributed by atoms with Crippen LogP contribution in [0.4, 0.5) is 0 Å². The van der Waals surface area contributed by atoms with Gasteiger partial charge in [-0.05, 0) is 0 Å². The molecule has 0 radical (unpaired) electrons. The predicted molar refractivity (Wildman–Crippen MR) is 48.7 cm³/mol. The van der Waals surface area contributed by atoms with Gasteiger partial charge >= 0.3 is 78.6 Å². The summed E-state index contributed by atoms with van der Waals surface area (Å²) in [6.45, 7) is 0. The minimum absolute atomic E-state index is 0.766. The SMILES string of the molecule is c1cc[n+]2c(c1)[Se][C@H]1CCC[C@H]12. The summed E-state index contributed by atoms with van der Waals surface area (Å²) >= 11 is 0.766. The molecule has 1 aliphatic carbocycles. The van der Waals surface area contributed by atoms with Crippen molar-refractivity contribution in [3.05, 3.63) is 24.4 Å². The Kier molecular flexibility index (Phi) is 1.53. The van der Waals surface area contributed by atoms with Gasteiger partial charge in [-0.15, -0.1) is 0 Å². The summed E-state index contributed by atoms with van der Waals surface area (Å²) in [5.41, 5.74) is 0. The van der Waals surface area contributed by atoms with E-state index in [1.807, 2.05) is 0 Å². The number of aromatic nitrogens is 1. The van der Waals surface area contributed by atoms with Gasteiger partial charge in [0.2, 0.25) is 0 Å². The number of hydrogen-bond donors (Lipinski definition) is 0. The van der Waals surface area contributed by atoms with Crippen molar-refractivity contribution in [2.75, 3.05) is 0 Å². The number of nitrogens with zero attached hydrogens (tertiary/aromatic N) is 1. The third-order valence-electron chi connectivity index (χ3n) is 2.90. The molecule has 3 rings (SSSR count). The number of hydrogen-bond acceptors (Lipinski definition) is 0. The molecule has 62 valence electrons. The molecule has 0 N–H and O–H groups in total. The molecule has 2 heteroatoms. The van der Waals surface area contributed by atoms with Crippen molar-refractivity contribution in [1.82, 2.24) is 0 Å². The second-order valence-electron chi connectivity index (χ2n) is 3.60. The molecule has 1 aromatic heterocycles. The van der Waals surface area contributed by atoms with Crippen molar-refractivity contribution in [3.8, 4) is 0 Å². The van der Waals surface area contributed by atoms with Crippen LogP contribution in [-0.4, -0.2) is 15.0 Å². The summed E-state index contributed by atoms with van der Waals surface area (Å²) in [4.78, 5) is 1.03. The van der Waals surface area contributed by atoms with E-state index in [2.05, 4.69) is 29.0 Å². The van der Waals surface area contributed by atoms with E-state index < -0.39 is 0 Å². The fraction of sp³-hybridized carbons (Fsp3) is 0.500.